The van der Waals surface area contributed by atoms with Crippen LogP contribution in [0.1, 0.15) is 58.8 Å². The smallest absolute Gasteiger partial charge is 0.0269 e. The molecular formula is C15H28N2. The third kappa shape index (κ3) is 2.04. The first-order chi connectivity index (χ1) is 8.11. The van der Waals surface area contributed by atoms with Gasteiger partial charge >= 0.3 is 0 Å². The average molecular weight is 236 g/mol. The summed E-state index contributed by atoms with van der Waals surface area (Å²) in [5.74, 6) is 9.74. The Morgan fingerprint density at radius 3 is 1.88 bits per heavy atom. The van der Waals surface area contributed by atoms with Gasteiger partial charge in [-0.15, -0.1) is 0 Å². The van der Waals surface area contributed by atoms with Gasteiger partial charge in [-0.2, -0.15) is 0 Å². The van der Waals surface area contributed by atoms with Crippen LogP contribution in [0.4, 0.5) is 0 Å². The van der Waals surface area contributed by atoms with Crippen molar-refractivity contribution in [1.82, 2.24) is 5.43 Å². The van der Waals surface area contributed by atoms with Crippen molar-refractivity contribution in [3.63, 3.8) is 0 Å². The molecule has 2 nitrogen and oxygen atoms in total. The molecule has 2 heteroatoms. The Labute approximate surface area is 106 Å². The minimum absolute atomic E-state index is 0.563. The van der Waals surface area contributed by atoms with Gasteiger partial charge in [-0.1, -0.05) is 13.8 Å². The fraction of sp³-hybridized carbons (Fsp3) is 1.00. The molecule has 4 saturated carbocycles. The zero-order chi connectivity index (χ0) is 12.0. The van der Waals surface area contributed by atoms with E-state index in [9.17, 15) is 0 Å². The van der Waals surface area contributed by atoms with E-state index in [1.165, 1.54) is 44.9 Å². The number of nitrogens with two attached hydrogens (primary N) is 1. The summed E-state index contributed by atoms with van der Waals surface area (Å²) >= 11 is 0. The minimum atomic E-state index is 0.563. The van der Waals surface area contributed by atoms with Gasteiger partial charge in [-0.25, -0.2) is 0 Å². The van der Waals surface area contributed by atoms with Crippen LogP contribution in [0.25, 0.3) is 0 Å². The van der Waals surface area contributed by atoms with E-state index in [0.717, 1.165) is 23.7 Å². The van der Waals surface area contributed by atoms with Gasteiger partial charge in [-0.05, 0) is 74.0 Å². The molecule has 0 aromatic heterocycles. The first kappa shape index (κ1) is 12.0. The predicted octanol–water partition coefficient (Wildman–Crippen LogP) is 3.08. The van der Waals surface area contributed by atoms with Crippen LogP contribution in [0, 0.1) is 29.1 Å². The van der Waals surface area contributed by atoms with Gasteiger partial charge in [0.2, 0.25) is 0 Å². The zero-order valence-corrected chi connectivity index (χ0v) is 11.4. The van der Waals surface area contributed by atoms with Crippen molar-refractivity contribution < 1.29 is 0 Å². The molecule has 4 aliphatic carbocycles. The van der Waals surface area contributed by atoms with E-state index in [1.807, 2.05) is 0 Å². The standard InChI is InChI=1S/C15H28N2/c1-10(2)3-14(17-16)15-7-11-4-12(8-15)6-13(5-11)9-15/h10-14,17H,3-9,16H2,1-2H3. The Morgan fingerprint density at radius 2 is 1.53 bits per heavy atom. The second-order valence-electron chi connectivity index (χ2n) is 7.63. The zero-order valence-electron chi connectivity index (χ0n) is 11.4. The molecular weight excluding hydrogens is 208 g/mol. The number of hydrazine groups is 1. The number of nitrogens with one attached hydrogen (secondary N) is 1. The Morgan fingerprint density at radius 1 is 1.06 bits per heavy atom. The highest BCUT2D eigenvalue weighted by Crippen LogP contribution is 2.61. The summed E-state index contributed by atoms with van der Waals surface area (Å²) in [6.45, 7) is 4.65. The topological polar surface area (TPSA) is 38.0 Å². The van der Waals surface area contributed by atoms with Gasteiger partial charge in [0.1, 0.15) is 0 Å². The van der Waals surface area contributed by atoms with Crippen LogP contribution in [0.2, 0.25) is 0 Å². The molecule has 0 aromatic carbocycles. The maximum absolute atomic E-state index is 5.89. The second kappa shape index (κ2) is 4.24. The molecule has 0 heterocycles. The van der Waals surface area contributed by atoms with E-state index < -0.39 is 0 Å². The SMILES string of the molecule is CC(C)CC(NN)C12CC3CC(CC(C3)C1)C2. The van der Waals surface area contributed by atoms with Crippen molar-refractivity contribution in [3.05, 3.63) is 0 Å². The van der Waals surface area contributed by atoms with Crippen molar-refractivity contribution in [2.45, 2.75) is 64.8 Å². The molecule has 0 aromatic rings. The molecule has 0 amide bonds. The number of hydrogen-bond donors (Lipinski definition) is 2. The van der Waals surface area contributed by atoms with Gasteiger partial charge in [0.15, 0.2) is 0 Å². The van der Waals surface area contributed by atoms with Crippen LogP contribution in [0.5, 0.6) is 0 Å². The van der Waals surface area contributed by atoms with Crippen LogP contribution in [-0.2, 0) is 0 Å². The lowest BCUT2D eigenvalue weighted by molar-refractivity contribution is -0.0771. The molecule has 98 valence electrons. The lowest BCUT2D eigenvalue weighted by Gasteiger charge is -2.59. The summed E-state index contributed by atoms with van der Waals surface area (Å²) in [5.41, 5.74) is 3.75. The molecule has 0 radical (unpaired) electrons. The van der Waals surface area contributed by atoms with Crippen molar-refractivity contribution in [3.8, 4) is 0 Å². The Bertz CT molecular complexity index is 249. The molecule has 17 heavy (non-hydrogen) atoms. The van der Waals surface area contributed by atoms with Crippen molar-refractivity contribution >= 4 is 0 Å². The molecule has 3 N–H and O–H groups in total. The van der Waals surface area contributed by atoms with Gasteiger partial charge in [0.05, 0.1) is 0 Å². The summed E-state index contributed by atoms with van der Waals surface area (Å²) in [4.78, 5) is 0. The Kier molecular flexibility index (Phi) is 2.99. The van der Waals surface area contributed by atoms with E-state index in [-0.39, 0.29) is 0 Å². The summed E-state index contributed by atoms with van der Waals surface area (Å²) in [7, 11) is 0. The summed E-state index contributed by atoms with van der Waals surface area (Å²) in [5, 5.41) is 0. The van der Waals surface area contributed by atoms with Crippen LogP contribution in [-0.4, -0.2) is 6.04 Å². The summed E-state index contributed by atoms with van der Waals surface area (Å²) < 4.78 is 0. The van der Waals surface area contributed by atoms with E-state index in [1.54, 1.807) is 0 Å². The van der Waals surface area contributed by atoms with Gasteiger partial charge < -0.3 is 0 Å². The highest BCUT2D eigenvalue weighted by molar-refractivity contribution is 5.05. The summed E-state index contributed by atoms with van der Waals surface area (Å²) in [6.07, 6.45) is 10.2. The van der Waals surface area contributed by atoms with Crippen LogP contribution in [0.3, 0.4) is 0 Å². The lowest BCUT2D eigenvalue weighted by Crippen LogP contribution is -2.57. The molecule has 0 saturated heterocycles. The van der Waals surface area contributed by atoms with Gasteiger partial charge in [0, 0.05) is 6.04 Å². The van der Waals surface area contributed by atoms with Crippen LogP contribution in [0.15, 0.2) is 0 Å². The third-order valence-corrected chi connectivity index (χ3v) is 5.73. The quantitative estimate of drug-likeness (QED) is 0.581. The average Bonchev–Trinajstić information content (AvgIpc) is 2.23. The first-order valence-corrected chi connectivity index (χ1v) is 7.57. The molecule has 4 bridgehead atoms. The van der Waals surface area contributed by atoms with Crippen molar-refractivity contribution in [2.24, 2.45) is 34.9 Å². The van der Waals surface area contributed by atoms with E-state index in [0.29, 0.717) is 11.5 Å². The maximum Gasteiger partial charge on any atom is 0.0269 e. The highest BCUT2D eigenvalue weighted by atomic mass is 15.2. The fourth-order valence-corrected chi connectivity index (χ4v) is 5.57. The molecule has 4 rings (SSSR count). The molecule has 1 unspecified atom stereocenters. The maximum atomic E-state index is 5.89. The van der Waals surface area contributed by atoms with Crippen LogP contribution < -0.4 is 11.3 Å². The van der Waals surface area contributed by atoms with Crippen LogP contribution >= 0.6 is 0 Å². The molecule has 0 aliphatic heterocycles. The van der Waals surface area contributed by atoms with Crippen molar-refractivity contribution in [2.75, 3.05) is 0 Å². The number of hydrogen-bond acceptors (Lipinski definition) is 2. The fourth-order valence-electron chi connectivity index (χ4n) is 5.57. The van der Waals surface area contributed by atoms with E-state index >= 15 is 0 Å². The Hall–Kier alpha value is -0.0800. The monoisotopic (exact) mass is 236 g/mol. The van der Waals surface area contributed by atoms with Crippen molar-refractivity contribution in [1.29, 1.82) is 0 Å². The molecule has 1 atom stereocenters. The summed E-state index contributed by atoms with van der Waals surface area (Å²) in [6, 6.07) is 0.566. The predicted molar refractivity (Wildman–Crippen MR) is 71.2 cm³/mol. The highest BCUT2D eigenvalue weighted by Gasteiger charge is 2.53. The lowest BCUT2D eigenvalue weighted by atomic mass is 9.47. The normalized spacial score (nSPS) is 45.5. The third-order valence-electron chi connectivity index (χ3n) is 5.73. The van der Waals surface area contributed by atoms with Gasteiger partial charge in [0.25, 0.3) is 0 Å². The molecule has 4 aliphatic rings. The van der Waals surface area contributed by atoms with E-state index in [4.69, 9.17) is 5.84 Å². The molecule has 0 spiro atoms. The van der Waals surface area contributed by atoms with E-state index in [2.05, 4.69) is 19.3 Å². The van der Waals surface area contributed by atoms with Gasteiger partial charge in [-0.3, -0.25) is 11.3 Å². The first-order valence-electron chi connectivity index (χ1n) is 7.57. The second-order valence-corrected chi connectivity index (χ2v) is 7.63. The largest absolute Gasteiger partial charge is 0.271 e. The minimum Gasteiger partial charge on any atom is -0.271 e. The number of rotatable bonds is 4. The molecule has 4 fully saturated rings. The Balaban J connectivity index is 1.80.